The molecule has 5 heteroatoms. The van der Waals surface area contributed by atoms with Crippen LogP contribution in [0.15, 0.2) is 18.2 Å². The van der Waals surface area contributed by atoms with E-state index in [4.69, 9.17) is 10.5 Å². The lowest BCUT2D eigenvalue weighted by molar-refractivity contribution is 0.0920. The topological polar surface area (TPSA) is 77.2 Å². The first-order valence-corrected chi connectivity index (χ1v) is 6.26. The Hall–Kier alpha value is -1.62. The molecule has 18 heavy (non-hydrogen) atoms. The van der Waals surface area contributed by atoms with E-state index in [-0.39, 0.29) is 18.0 Å². The number of aromatic nitrogens is 1. The molecule has 1 aromatic heterocycles. The summed E-state index contributed by atoms with van der Waals surface area (Å²) in [6.07, 6.45) is 3.82. The molecule has 1 aromatic rings. The van der Waals surface area contributed by atoms with Gasteiger partial charge in [0.1, 0.15) is 5.69 Å². The van der Waals surface area contributed by atoms with Crippen LogP contribution in [-0.4, -0.2) is 30.1 Å². The molecule has 98 valence electrons. The summed E-state index contributed by atoms with van der Waals surface area (Å²) in [6, 6.07) is 5.67. The number of carbonyl (C=O) groups is 1. The van der Waals surface area contributed by atoms with Gasteiger partial charge in [-0.1, -0.05) is 6.07 Å². The number of methoxy groups -OCH3 is 1. The van der Waals surface area contributed by atoms with Crippen LogP contribution in [0.1, 0.15) is 36.2 Å². The Kier molecular flexibility index (Phi) is 4.15. The molecule has 1 heterocycles. The molecule has 0 aliphatic heterocycles. The smallest absolute Gasteiger partial charge is 0.270 e. The first-order chi connectivity index (χ1) is 8.69. The largest absolute Gasteiger partial charge is 0.481 e. The van der Waals surface area contributed by atoms with E-state index in [0.717, 1.165) is 25.7 Å². The van der Waals surface area contributed by atoms with Crippen molar-refractivity contribution in [3.05, 3.63) is 23.9 Å². The number of nitrogens with one attached hydrogen (secondary N) is 1. The standard InChI is InChI=1S/C13H19N3O2/c1-18-12-4-2-3-11(16-12)13(17)15-10-7-5-9(14)6-8-10/h2-4,9-10H,5-8,14H2,1H3,(H,15,17)/t9-,10-. The van der Waals surface area contributed by atoms with Crippen molar-refractivity contribution in [3.63, 3.8) is 0 Å². The summed E-state index contributed by atoms with van der Waals surface area (Å²) in [4.78, 5) is 16.1. The van der Waals surface area contributed by atoms with E-state index in [0.29, 0.717) is 11.6 Å². The lowest BCUT2D eigenvalue weighted by Gasteiger charge is -2.26. The Morgan fingerprint density at radius 3 is 2.78 bits per heavy atom. The fourth-order valence-electron chi connectivity index (χ4n) is 2.18. The Labute approximate surface area is 107 Å². The van der Waals surface area contributed by atoms with E-state index in [1.165, 1.54) is 7.11 Å². The fourth-order valence-corrected chi connectivity index (χ4v) is 2.18. The van der Waals surface area contributed by atoms with Gasteiger partial charge in [0.2, 0.25) is 5.88 Å². The van der Waals surface area contributed by atoms with E-state index < -0.39 is 0 Å². The van der Waals surface area contributed by atoms with Crippen LogP contribution in [0, 0.1) is 0 Å². The van der Waals surface area contributed by atoms with Crippen molar-refractivity contribution in [2.24, 2.45) is 5.73 Å². The summed E-state index contributed by atoms with van der Waals surface area (Å²) < 4.78 is 5.00. The van der Waals surface area contributed by atoms with E-state index >= 15 is 0 Å². The maximum atomic E-state index is 12.0. The van der Waals surface area contributed by atoms with Crippen LogP contribution in [0.3, 0.4) is 0 Å². The molecule has 0 saturated heterocycles. The first-order valence-electron chi connectivity index (χ1n) is 6.26. The zero-order valence-electron chi connectivity index (χ0n) is 10.6. The van der Waals surface area contributed by atoms with Gasteiger partial charge in [0, 0.05) is 18.2 Å². The number of amides is 1. The van der Waals surface area contributed by atoms with Crippen LogP contribution in [0.2, 0.25) is 0 Å². The maximum absolute atomic E-state index is 12.0. The summed E-state index contributed by atoms with van der Waals surface area (Å²) in [5, 5.41) is 2.99. The molecule has 1 aliphatic carbocycles. The molecule has 1 amide bonds. The lowest BCUT2D eigenvalue weighted by Crippen LogP contribution is -2.40. The summed E-state index contributed by atoms with van der Waals surface area (Å²) in [5.41, 5.74) is 6.23. The molecule has 5 nitrogen and oxygen atoms in total. The van der Waals surface area contributed by atoms with Gasteiger partial charge in [-0.25, -0.2) is 4.98 Å². The average Bonchev–Trinajstić information content (AvgIpc) is 2.41. The number of hydrogen-bond acceptors (Lipinski definition) is 4. The van der Waals surface area contributed by atoms with Gasteiger partial charge >= 0.3 is 0 Å². The quantitative estimate of drug-likeness (QED) is 0.840. The Morgan fingerprint density at radius 2 is 2.11 bits per heavy atom. The third-order valence-electron chi connectivity index (χ3n) is 3.27. The molecule has 0 spiro atoms. The highest BCUT2D eigenvalue weighted by Crippen LogP contribution is 2.17. The van der Waals surface area contributed by atoms with Gasteiger partial charge in [0.05, 0.1) is 7.11 Å². The molecule has 0 unspecified atom stereocenters. The Morgan fingerprint density at radius 1 is 1.39 bits per heavy atom. The highest BCUT2D eigenvalue weighted by molar-refractivity contribution is 5.92. The van der Waals surface area contributed by atoms with Crippen LogP contribution in [-0.2, 0) is 0 Å². The summed E-state index contributed by atoms with van der Waals surface area (Å²) >= 11 is 0. The van der Waals surface area contributed by atoms with Crippen LogP contribution in [0.5, 0.6) is 5.88 Å². The van der Waals surface area contributed by atoms with Crippen molar-refractivity contribution in [1.29, 1.82) is 0 Å². The summed E-state index contributed by atoms with van der Waals surface area (Å²) in [7, 11) is 1.53. The average molecular weight is 249 g/mol. The second-order valence-corrected chi connectivity index (χ2v) is 4.65. The van der Waals surface area contributed by atoms with Crippen LogP contribution < -0.4 is 15.8 Å². The minimum absolute atomic E-state index is 0.144. The van der Waals surface area contributed by atoms with E-state index in [2.05, 4.69) is 10.3 Å². The van der Waals surface area contributed by atoms with Gasteiger partial charge < -0.3 is 15.8 Å². The van der Waals surface area contributed by atoms with Crippen LogP contribution in [0.25, 0.3) is 0 Å². The molecular formula is C13H19N3O2. The SMILES string of the molecule is COc1cccc(C(=O)N[C@H]2CC[C@H](N)CC2)n1. The number of ether oxygens (including phenoxy) is 1. The third-order valence-corrected chi connectivity index (χ3v) is 3.27. The minimum Gasteiger partial charge on any atom is -0.481 e. The summed E-state index contributed by atoms with van der Waals surface area (Å²) in [5.74, 6) is 0.308. The van der Waals surface area contributed by atoms with Gasteiger partial charge in [-0.05, 0) is 31.7 Å². The maximum Gasteiger partial charge on any atom is 0.270 e. The molecular weight excluding hydrogens is 230 g/mol. The van der Waals surface area contributed by atoms with Crippen molar-refractivity contribution < 1.29 is 9.53 Å². The normalized spacial score (nSPS) is 23.4. The first kappa shape index (κ1) is 12.8. The zero-order chi connectivity index (χ0) is 13.0. The van der Waals surface area contributed by atoms with Gasteiger partial charge in [-0.15, -0.1) is 0 Å². The van der Waals surface area contributed by atoms with Crippen molar-refractivity contribution in [2.45, 2.75) is 37.8 Å². The van der Waals surface area contributed by atoms with E-state index in [1.54, 1.807) is 18.2 Å². The van der Waals surface area contributed by atoms with E-state index in [1.807, 2.05) is 0 Å². The second kappa shape index (κ2) is 5.82. The van der Waals surface area contributed by atoms with Crippen molar-refractivity contribution in [1.82, 2.24) is 10.3 Å². The molecule has 3 N–H and O–H groups in total. The third kappa shape index (κ3) is 3.20. The second-order valence-electron chi connectivity index (χ2n) is 4.65. The predicted molar refractivity (Wildman–Crippen MR) is 68.5 cm³/mol. The molecule has 2 rings (SSSR count). The van der Waals surface area contributed by atoms with Gasteiger partial charge in [-0.2, -0.15) is 0 Å². The molecule has 0 radical (unpaired) electrons. The molecule has 1 fully saturated rings. The number of nitrogens with two attached hydrogens (primary N) is 1. The molecule has 1 saturated carbocycles. The fraction of sp³-hybridized carbons (Fsp3) is 0.538. The zero-order valence-corrected chi connectivity index (χ0v) is 10.6. The highest BCUT2D eigenvalue weighted by Gasteiger charge is 2.21. The van der Waals surface area contributed by atoms with Gasteiger partial charge in [0.25, 0.3) is 5.91 Å². The monoisotopic (exact) mass is 249 g/mol. The van der Waals surface area contributed by atoms with Crippen LogP contribution >= 0.6 is 0 Å². The number of pyridine rings is 1. The van der Waals surface area contributed by atoms with Gasteiger partial charge in [-0.3, -0.25) is 4.79 Å². The minimum atomic E-state index is -0.144. The molecule has 0 atom stereocenters. The number of rotatable bonds is 3. The van der Waals surface area contributed by atoms with Crippen LogP contribution in [0.4, 0.5) is 0 Å². The predicted octanol–water partition coefficient (Wildman–Crippen LogP) is 1.09. The van der Waals surface area contributed by atoms with E-state index in [9.17, 15) is 4.79 Å². The molecule has 1 aliphatic rings. The number of carbonyl (C=O) groups excluding carboxylic acids is 1. The lowest BCUT2D eigenvalue weighted by atomic mass is 9.92. The Balaban J connectivity index is 1.94. The number of hydrogen-bond donors (Lipinski definition) is 2. The summed E-state index contributed by atoms with van der Waals surface area (Å²) in [6.45, 7) is 0. The highest BCUT2D eigenvalue weighted by atomic mass is 16.5. The molecule has 0 bridgehead atoms. The van der Waals surface area contributed by atoms with Crippen molar-refractivity contribution >= 4 is 5.91 Å². The Bertz CT molecular complexity index is 414. The van der Waals surface area contributed by atoms with Crippen molar-refractivity contribution in [2.75, 3.05) is 7.11 Å². The van der Waals surface area contributed by atoms with Gasteiger partial charge in [0.15, 0.2) is 0 Å². The van der Waals surface area contributed by atoms with Crippen molar-refractivity contribution in [3.8, 4) is 5.88 Å². The molecule has 0 aromatic carbocycles. The number of nitrogens with zero attached hydrogens (tertiary/aromatic N) is 1.